The molecular weight excluding hydrogens is 316 g/mol. The summed E-state index contributed by atoms with van der Waals surface area (Å²) in [7, 11) is 3.38. The van der Waals surface area contributed by atoms with Gasteiger partial charge in [-0.15, -0.1) is 0 Å². The maximum atomic E-state index is 12.7. The first kappa shape index (κ1) is 15.3. The Morgan fingerprint density at radius 1 is 1.24 bits per heavy atom. The van der Waals surface area contributed by atoms with Crippen LogP contribution in [-0.4, -0.2) is 30.2 Å². The second-order valence-electron chi connectivity index (χ2n) is 6.24. The predicted octanol–water partition coefficient (Wildman–Crippen LogP) is 3.71. The molecule has 1 aliphatic heterocycles. The Hall–Kier alpha value is -3.21. The fourth-order valence-corrected chi connectivity index (χ4v) is 3.35. The monoisotopic (exact) mass is 334 g/mol. The van der Waals surface area contributed by atoms with Gasteiger partial charge in [-0.2, -0.15) is 0 Å². The summed E-state index contributed by atoms with van der Waals surface area (Å²) >= 11 is 0. The lowest BCUT2D eigenvalue weighted by molar-refractivity contribution is -0.112. The molecule has 0 saturated heterocycles. The maximum absolute atomic E-state index is 12.7. The van der Waals surface area contributed by atoms with Crippen molar-refractivity contribution < 1.29 is 14.6 Å². The van der Waals surface area contributed by atoms with E-state index < -0.39 is 0 Å². The van der Waals surface area contributed by atoms with Crippen molar-refractivity contribution in [1.82, 2.24) is 4.98 Å². The zero-order valence-electron chi connectivity index (χ0n) is 14.3. The number of aromatic hydroxyl groups is 1. The second-order valence-corrected chi connectivity index (χ2v) is 6.24. The SMILES string of the molecule is COc1cc2c(/C=C3\C(=O)N(C)c4ccc(O)cc43)c[nH]c2cc1C. The van der Waals surface area contributed by atoms with Crippen molar-refractivity contribution in [2.75, 3.05) is 19.1 Å². The van der Waals surface area contributed by atoms with Gasteiger partial charge in [0.25, 0.3) is 5.91 Å². The van der Waals surface area contributed by atoms with Gasteiger partial charge in [0.05, 0.1) is 18.4 Å². The highest BCUT2D eigenvalue weighted by atomic mass is 16.5. The van der Waals surface area contributed by atoms with Crippen LogP contribution in [0.1, 0.15) is 16.7 Å². The Morgan fingerprint density at radius 3 is 2.80 bits per heavy atom. The Labute approximate surface area is 145 Å². The van der Waals surface area contributed by atoms with Crippen LogP contribution in [-0.2, 0) is 4.79 Å². The van der Waals surface area contributed by atoms with Crippen LogP contribution in [0.4, 0.5) is 5.69 Å². The van der Waals surface area contributed by atoms with Crippen LogP contribution in [0.3, 0.4) is 0 Å². The summed E-state index contributed by atoms with van der Waals surface area (Å²) in [6, 6.07) is 8.97. The second kappa shape index (κ2) is 5.41. The van der Waals surface area contributed by atoms with Crippen LogP contribution >= 0.6 is 0 Å². The zero-order chi connectivity index (χ0) is 17.7. The number of carbonyl (C=O) groups is 1. The van der Waals surface area contributed by atoms with E-state index in [1.54, 1.807) is 37.3 Å². The van der Waals surface area contributed by atoms with Crippen molar-refractivity contribution in [3.63, 3.8) is 0 Å². The van der Waals surface area contributed by atoms with Gasteiger partial charge in [0.15, 0.2) is 0 Å². The molecule has 0 fully saturated rings. The standard InChI is InChI=1S/C20H18N2O3/c1-11-6-17-14(9-19(11)25-3)12(10-21-17)7-16-15-8-13(23)4-5-18(15)22(2)20(16)24/h4-10,21,23H,1-3H3/b16-7-. The van der Waals surface area contributed by atoms with E-state index in [1.807, 2.05) is 31.3 Å². The number of phenols is 1. The minimum Gasteiger partial charge on any atom is -0.508 e. The smallest absolute Gasteiger partial charge is 0.258 e. The number of phenolic OH excluding ortho intramolecular Hbond substituents is 1. The molecule has 0 saturated carbocycles. The lowest BCUT2D eigenvalue weighted by Gasteiger charge is -2.08. The van der Waals surface area contributed by atoms with Crippen molar-refractivity contribution in [3.05, 3.63) is 53.2 Å². The molecule has 2 aromatic carbocycles. The number of benzene rings is 2. The molecule has 0 spiro atoms. The number of aryl methyl sites for hydroxylation is 1. The number of H-pyrrole nitrogens is 1. The van der Waals surface area contributed by atoms with Gasteiger partial charge in [0.2, 0.25) is 0 Å². The molecule has 0 bridgehead atoms. The minimum atomic E-state index is -0.0889. The molecule has 3 aromatic rings. The number of ether oxygens (including phenoxy) is 1. The molecule has 5 heteroatoms. The van der Waals surface area contributed by atoms with Gasteiger partial charge in [-0.05, 0) is 48.9 Å². The number of rotatable bonds is 2. The maximum Gasteiger partial charge on any atom is 0.258 e. The Balaban J connectivity index is 1.91. The van der Waals surface area contributed by atoms with Crippen LogP contribution in [0.2, 0.25) is 0 Å². The molecule has 4 rings (SSSR count). The van der Waals surface area contributed by atoms with E-state index in [4.69, 9.17) is 4.74 Å². The molecule has 0 atom stereocenters. The van der Waals surface area contributed by atoms with E-state index in [0.717, 1.165) is 39.0 Å². The van der Waals surface area contributed by atoms with E-state index in [0.29, 0.717) is 5.57 Å². The number of carbonyl (C=O) groups excluding carboxylic acids is 1. The van der Waals surface area contributed by atoms with Gasteiger partial charge in [-0.1, -0.05) is 0 Å². The number of methoxy groups -OCH3 is 1. The first-order valence-electron chi connectivity index (χ1n) is 7.98. The predicted molar refractivity (Wildman–Crippen MR) is 99.0 cm³/mol. The topological polar surface area (TPSA) is 65.6 Å². The summed E-state index contributed by atoms with van der Waals surface area (Å²) in [5, 5.41) is 10.8. The van der Waals surface area contributed by atoms with Crippen molar-refractivity contribution >= 4 is 34.1 Å². The number of hydrogen-bond acceptors (Lipinski definition) is 3. The minimum absolute atomic E-state index is 0.0889. The third kappa shape index (κ3) is 2.28. The first-order chi connectivity index (χ1) is 12.0. The number of aromatic amines is 1. The van der Waals surface area contributed by atoms with E-state index in [9.17, 15) is 9.90 Å². The average Bonchev–Trinajstić information content (AvgIpc) is 3.08. The zero-order valence-corrected chi connectivity index (χ0v) is 14.3. The van der Waals surface area contributed by atoms with E-state index >= 15 is 0 Å². The van der Waals surface area contributed by atoms with Gasteiger partial charge < -0.3 is 19.7 Å². The number of fused-ring (bicyclic) bond motifs is 2. The highest BCUT2D eigenvalue weighted by molar-refractivity contribution is 6.36. The van der Waals surface area contributed by atoms with Crippen molar-refractivity contribution in [2.45, 2.75) is 6.92 Å². The third-order valence-electron chi connectivity index (χ3n) is 4.70. The Morgan fingerprint density at radius 2 is 2.04 bits per heavy atom. The fourth-order valence-electron chi connectivity index (χ4n) is 3.35. The molecule has 126 valence electrons. The lowest BCUT2D eigenvalue weighted by atomic mass is 10.0. The largest absolute Gasteiger partial charge is 0.508 e. The number of nitrogens with zero attached hydrogens (tertiary/aromatic N) is 1. The van der Waals surface area contributed by atoms with Crippen LogP contribution in [0, 0.1) is 6.92 Å². The van der Waals surface area contributed by atoms with Crippen LogP contribution < -0.4 is 9.64 Å². The van der Waals surface area contributed by atoms with Crippen LogP contribution in [0.25, 0.3) is 22.6 Å². The summed E-state index contributed by atoms with van der Waals surface area (Å²) in [5.74, 6) is 0.859. The average molecular weight is 334 g/mol. The summed E-state index contributed by atoms with van der Waals surface area (Å²) in [4.78, 5) is 17.5. The number of anilines is 1. The van der Waals surface area contributed by atoms with Gasteiger partial charge in [0.1, 0.15) is 11.5 Å². The number of likely N-dealkylation sites (N-methyl/N-ethyl adjacent to an activating group) is 1. The fraction of sp³-hybridized carbons (Fsp3) is 0.150. The molecule has 1 amide bonds. The first-order valence-corrected chi connectivity index (χ1v) is 7.98. The third-order valence-corrected chi connectivity index (χ3v) is 4.70. The van der Waals surface area contributed by atoms with Crippen molar-refractivity contribution in [3.8, 4) is 11.5 Å². The highest BCUT2D eigenvalue weighted by Gasteiger charge is 2.30. The molecule has 0 aliphatic carbocycles. The molecule has 25 heavy (non-hydrogen) atoms. The van der Waals surface area contributed by atoms with Crippen molar-refractivity contribution in [1.29, 1.82) is 0 Å². The van der Waals surface area contributed by atoms with Crippen LogP contribution in [0.5, 0.6) is 11.5 Å². The molecule has 1 aliphatic rings. The molecule has 0 radical (unpaired) electrons. The van der Waals surface area contributed by atoms with E-state index in [-0.39, 0.29) is 11.7 Å². The summed E-state index contributed by atoms with van der Waals surface area (Å²) in [6.45, 7) is 1.99. The summed E-state index contributed by atoms with van der Waals surface area (Å²) < 4.78 is 5.41. The number of hydrogen-bond donors (Lipinski definition) is 2. The van der Waals surface area contributed by atoms with E-state index in [2.05, 4.69) is 4.98 Å². The molecule has 2 heterocycles. The normalized spacial score (nSPS) is 15.2. The molecule has 0 unspecified atom stereocenters. The van der Waals surface area contributed by atoms with Crippen LogP contribution in [0.15, 0.2) is 36.5 Å². The van der Waals surface area contributed by atoms with Gasteiger partial charge in [0, 0.05) is 35.3 Å². The lowest BCUT2D eigenvalue weighted by Crippen LogP contribution is -2.20. The number of aromatic nitrogens is 1. The van der Waals surface area contributed by atoms with Gasteiger partial charge in [-0.25, -0.2) is 0 Å². The highest BCUT2D eigenvalue weighted by Crippen LogP contribution is 2.39. The number of nitrogens with one attached hydrogen (secondary N) is 1. The Bertz CT molecular complexity index is 1050. The van der Waals surface area contributed by atoms with E-state index in [1.165, 1.54) is 0 Å². The summed E-state index contributed by atoms with van der Waals surface area (Å²) in [5.41, 5.74) is 5.03. The quantitative estimate of drug-likeness (QED) is 0.702. The van der Waals surface area contributed by atoms with Gasteiger partial charge >= 0.3 is 0 Å². The molecule has 5 nitrogen and oxygen atoms in total. The summed E-state index contributed by atoms with van der Waals surface area (Å²) in [6.07, 6.45) is 3.74. The molecular formula is C20H18N2O3. The van der Waals surface area contributed by atoms with Gasteiger partial charge in [-0.3, -0.25) is 4.79 Å². The molecule has 1 aromatic heterocycles. The Kier molecular flexibility index (Phi) is 3.32. The van der Waals surface area contributed by atoms with Crippen molar-refractivity contribution in [2.24, 2.45) is 0 Å². The number of amides is 1. The molecule has 2 N–H and O–H groups in total.